The van der Waals surface area contributed by atoms with Crippen LogP contribution in [0.3, 0.4) is 0 Å². The number of aliphatic hydroxyl groups excluding tert-OH is 6. The van der Waals surface area contributed by atoms with Crippen molar-refractivity contribution in [2.45, 2.75) is 98.2 Å². The molecule has 0 aromatic heterocycles. The zero-order valence-electron chi connectivity index (χ0n) is 20.8. The number of alkyl halides is 3. The van der Waals surface area contributed by atoms with Gasteiger partial charge < -0.3 is 82.4 Å². The number of halogens is 3. The lowest BCUT2D eigenvalue weighted by molar-refractivity contribution is -0.405. The number of carboxylic acids is 1. The molecule has 0 spiro atoms. The molecule has 3 rings (SSSR count). The molecule has 14 atom stereocenters. The average molecular weight is 597 g/mol. The minimum Gasteiger partial charge on any atom is -0.542 e. The molecule has 40 heavy (non-hydrogen) atoms. The second-order valence-corrected chi connectivity index (χ2v) is 9.45. The maximum atomic E-state index is 12.1. The first-order chi connectivity index (χ1) is 18.5. The molecule has 2 saturated heterocycles. The second kappa shape index (κ2) is 14.0. The predicted molar refractivity (Wildman–Crippen MR) is 117 cm³/mol. The van der Waals surface area contributed by atoms with E-state index in [-0.39, 0.29) is 13.0 Å². The number of ketones is 1. The molecule has 1 saturated carbocycles. The highest BCUT2D eigenvalue weighted by Crippen LogP contribution is 2.30. The van der Waals surface area contributed by atoms with Gasteiger partial charge in [0.2, 0.25) is 0 Å². The Bertz CT molecular complexity index is 859. The molecule has 15 N–H and O–H groups in total. The smallest absolute Gasteiger partial charge is 0.430 e. The van der Waals surface area contributed by atoms with Gasteiger partial charge in [0.15, 0.2) is 24.5 Å². The van der Waals surface area contributed by atoms with Crippen LogP contribution >= 0.6 is 0 Å². The van der Waals surface area contributed by atoms with Gasteiger partial charge >= 0.3 is 6.18 Å². The first kappa shape index (κ1) is 34.6. The number of aliphatic hydroxyl groups is 6. The minimum absolute atomic E-state index is 0.0183. The van der Waals surface area contributed by atoms with E-state index in [2.05, 4.69) is 5.73 Å². The van der Waals surface area contributed by atoms with E-state index in [9.17, 15) is 48.6 Å². The fourth-order valence-electron chi connectivity index (χ4n) is 4.32. The lowest BCUT2D eigenvalue weighted by atomic mass is 9.84. The molecule has 2 heterocycles. The maximum Gasteiger partial charge on any atom is 0.430 e. The van der Waals surface area contributed by atoms with Crippen molar-refractivity contribution in [3.05, 3.63) is 0 Å². The van der Waals surface area contributed by atoms with Crippen molar-refractivity contribution in [1.82, 2.24) is 0 Å². The molecule has 3 aliphatic rings. The van der Waals surface area contributed by atoms with E-state index in [0.29, 0.717) is 0 Å². The van der Waals surface area contributed by atoms with Crippen LogP contribution in [0.25, 0.3) is 0 Å². The van der Waals surface area contributed by atoms with Crippen LogP contribution in [-0.4, -0.2) is 147 Å². The Morgan fingerprint density at radius 2 is 1.40 bits per heavy atom. The second-order valence-electron chi connectivity index (χ2n) is 9.45. The molecule has 1 aliphatic carbocycles. The van der Waals surface area contributed by atoms with E-state index in [1.54, 1.807) is 0 Å². The van der Waals surface area contributed by atoms with E-state index in [1.807, 2.05) is 0 Å². The Kier molecular flexibility index (Phi) is 12.1. The highest BCUT2D eigenvalue weighted by atomic mass is 19.4. The quantitative estimate of drug-likeness (QED) is 0.136. The number of ether oxygens (including phenoxy) is 4. The topological polar surface area (TPSA) is 321 Å². The van der Waals surface area contributed by atoms with Crippen molar-refractivity contribution in [2.75, 3.05) is 13.2 Å². The minimum atomic E-state index is -5.19. The SMILES string of the molecule is N[C@H]1[C@H](O)[C@H](O[C@@H]2[C@@H](O)[C@H](O[C@H]3O[C@H](C[NH3+])[C@@H](O)C(=O)[C@H]3O)[C@@H](N)C[C@H]2N)O[C@@H](CO)[C@@H]1O.O=C([O-])C(F)(F)F. The van der Waals surface area contributed by atoms with Gasteiger partial charge in [-0.05, 0) is 6.42 Å². The fourth-order valence-corrected chi connectivity index (χ4v) is 4.32. The van der Waals surface area contributed by atoms with Gasteiger partial charge in [-0.25, -0.2) is 0 Å². The average Bonchev–Trinajstić information content (AvgIpc) is 2.88. The first-order valence-electron chi connectivity index (χ1n) is 12.0. The highest BCUT2D eigenvalue weighted by molar-refractivity contribution is 5.88. The van der Waals surface area contributed by atoms with Crippen LogP contribution in [0.4, 0.5) is 13.2 Å². The van der Waals surface area contributed by atoms with Crippen molar-refractivity contribution < 1.29 is 83.2 Å². The van der Waals surface area contributed by atoms with Crippen LogP contribution in [0.15, 0.2) is 0 Å². The summed E-state index contributed by atoms with van der Waals surface area (Å²) in [4.78, 5) is 20.9. The molecule has 0 radical (unpaired) electrons. The van der Waals surface area contributed by atoms with Gasteiger partial charge in [-0.3, -0.25) is 4.79 Å². The Morgan fingerprint density at radius 1 is 0.925 bits per heavy atom. The van der Waals surface area contributed by atoms with Gasteiger partial charge in [-0.15, -0.1) is 0 Å². The number of Topliss-reactive ketones (excluding diaryl/α,β-unsaturated/α-hetero) is 1. The summed E-state index contributed by atoms with van der Waals surface area (Å²) in [5, 5.41) is 69.5. The Morgan fingerprint density at radius 3 is 1.85 bits per heavy atom. The Hall–Kier alpha value is -1.63. The summed E-state index contributed by atoms with van der Waals surface area (Å²) in [5.41, 5.74) is 21.5. The van der Waals surface area contributed by atoms with Gasteiger partial charge in [-0.1, -0.05) is 0 Å². The third-order valence-electron chi connectivity index (χ3n) is 6.60. The van der Waals surface area contributed by atoms with Gasteiger partial charge in [0.25, 0.3) is 0 Å². The first-order valence-corrected chi connectivity index (χ1v) is 12.0. The molecule has 2 aliphatic heterocycles. The van der Waals surface area contributed by atoms with E-state index in [0.717, 1.165) is 0 Å². The van der Waals surface area contributed by atoms with E-state index in [4.69, 9.17) is 46.0 Å². The molecule has 0 aromatic rings. The summed E-state index contributed by atoms with van der Waals surface area (Å²) < 4.78 is 53.7. The number of hydrogen-bond donors (Lipinski definition) is 10. The van der Waals surface area contributed by atoms with Crippen molar-refractivity contribution in [3.8, 4) is 0 Å². The fraction of sp³-hybridized carbons (Fsp3) is 0.900. The normalized spacial score (nSPS) is 44.5. The predicted octanol–water partition coefficient (Wildman–Crippen LogP) is -8.50. The molecule has 0 bridgehead atoms. The molecule has 0 aromatic carbocycles. The molecule has 20 heteroatoms. The summed E-state index contributed by atoms with van der Waals surface area (Å²) in [6.07, 6.45) is -20.5. The number of carboxylic acid groups (broad SMARTS) is 1. The van der Waals surface area contributed by atoms with Crippen LogP contribution < -0.4 is 28.0 Å². The summed E-state index contributed by atoms with van der Waals surface area (Å²) in [5.74, 6) is -3.92. The van der Waals surface area contributed by atoms with Gasteiger partial charge in [0.05, 0.1) is 12.6 Å². The molecular formula is C20H35F3N4O13. The van der Waals surface area contributed by atoms with Crippen LogP contribution in [0.5, 0.6) is 0 Å². The number of nitrogens with two attached hydrogens (primary N) is 3. The maximum absolute atomic E-state index is 12.1. The van der Waals surface area contributed by atoms with Gasteiger partial charge in [-0.2, -0.15) is 13.2 Å². The summed E-state index contributed by atoms with van der Waals surface area (Å²) >= 11 is 0. The molecule has 0 amide bonds. The monoisotopic (exact) mass is 596 g/mol. The summed E-state index contributed by atoms with van der Waals surface area (Å²) in [6, 6.07) is -2.89. The zero-order chi connectivity index (χ0) is 30.7. The van der Waals surface area contributed by atoms with E-state index < -0.39 is 110 Å². The number of carbonyl (C=O) groups is 2. The number of quaternary nitrogens is 1. The van der Waals surface area contributed by atoms with Gasteiger partial charge in [0.1, 0.15) is 61.3 Å². The van der Waals surface area contributed by atoms with E-state index in [1.165, 1.54) is 0 Å². The van der Waals surface area contributed by atoms with Crippen molar-refractivity contribution in [1.29, 1.82) is 0 Å². The van der Waals surface area contributed by atoms with Gasteiger partial charge in [0, 0.05) is 12.1 Å². The summed E-state index contributed by atoms with van der Waals surface area (Å²) in [7, 11) is 0. The van der Waals surface area contributed by atoms with Crippen LogP contribution in [0, 0.1) is 0 Å². The molecule has 3 fully saturated rings. The molecule has 234 valence electrons. The van der Waals surface area contributed by atoms with Crippen LogP contribution in [-0.2, 0) is 28.5 Å². The third kappa shape index (κ3) is 7.80. The van der Waals surface area contributed by atoms with Crippen molar-refractivity contribution in [2.24, 2.45) is 17.2 Å². The molecule has 0 unspecified atom stereocenters. The Labute approximate surface area is 224 Å². The standard InChI is InChI=1S/C18H34N4O11.C2HF3O2/c19-2-6-10(25)12(27)13(28)18(30-6)33-16-5(21)1-4(20)15(14(16)29)32-17-11(26)8(22)9(24)7(3-23)31-17;3-2(4,5)1(6)7/h4-11,13-18,23-26,28-29H,1-3,19-22H2;(H,6,7)/t4-,5+,6-,7+,8-,9+,10-,11+,13-,14-,15+,16-,17+,18-;/m1./s1. The largest absolute Gasteiger partial charge is 0.542 e. The third-order valence-corrected chi connectivity index (χ3v) is 6.60. The van der Waals surface area contributed by atoms with Crippen LogP contribution in [0.2, 0.25) is 0 Å². The number of hydrogen-bond acceptors (Lipinski definition) is 16. The van der Waals surface area contributed by atoms with Crippen LogP contribution in [0.1, 0.15) is 6.42 Å². The molecular weight excluding hydrogens is 561 g/mol. The molecule has 17 nitrogen and oxygen atoms in total. The number of rotatable bonds is 6. The lowest BCUT2D eigenvalue weighted by Crippen LogP contribution is -2.69. The van der Waals surface area contributed by atoms with Crippen molar-refractivity contribution in [3.63, 3.8) is 0 Å². The summed E-state index contributed by atoms with van der Waals surface area (Å²) in [6.45, 7) is -0.577. The Balaban J connectivity index is 0.000000708. The zero-order valence-corrected chi connectivity index (χ0v) is 20.8. The lowest BCUT2D eigenvalue weighted by Gasteiger charge is -2.47. The van der Waals surface area contributed by atoms with Crippen molar-refractivity contribution >= 4 is 11.8 Å². The highest BCUT2D eigenvalue weighted by Gasteiger charge is 2.51. The van der Waals surface area contributed by atoms with E-state index >= 15 is 0 Å². The number of aliphatic carboxylic acids is 1. The number of carbonyl (C=O) groups excluding carboxylic acids is 2.